The molecule has 2 aromatic carbocycles. The molecule has 1 fully saturated rings. The summed E-state index contributed by atoms with van der Waals surface area (Å²) < 4.78 is 10.1. The van der Waals surface area contributed by atoms with Gasteiger partial charge in [-0.05, 0) is 43.3 Å². The molecule has 3 rings (SSSR count). The van der Waals surface area contributed by atoms with E-state index in [1.54, 1.807) is 48.5 Å². The molecule has 1 saturated heterocycles. The number of carbonyl (C=O) groups excluding carboxylic acids is 4. The van der Waals surface area contributed by atoms with Crippen molar-refractivity contribution in [1.82, 2.24) is 10.4 Å². The molecule has 1 aliphatic heterocycles. The molecule has 0 radical (unpaired) electrons. The second-order valence-corrected chi connectivity index (χ2v) is 6.97. The molecular formula is C22H22N2O6. The van der Waals surface area contributed by atoms with Crippen LogP contribution in [-0.4, -0.2) is 48.8 Å². The summed E-state index contributed by atoms with van der Waals surface area (Å²) in [5.74, 6) is -1.98. The molecule has 1 atom stereocenters. The van der Waals surface area contributed by atoms with E-state index in [9.17, 15) is 19.2 Å². The van der Waals surface area contributed by atoms with Gasteiger partial charge in [0.2, 0.25) is 5.91 Å². The maximum absolute atomic E-state index is 12.3. The average Bonchev–Trinajstić information content (AvgIpc) is 3.12. The molecule has 8 nitrogen and oxygen atoms in total. The van der Waals surface area contributed by atoms with E-state index in [1.807, 2.05) is 6.92 Å². The van der Waals surface area contributed by atoms with Gasteiger partial charge in [-0.3, -0.25) is 29.6 Å². The molecular weight excluding hydrogens is 388 g/mol. The van der Waals surface area contributed by atoms with E-state index in [0.29, 0.717) is 16.9 Å². The van der Waals surface area contributed by atoms with Crippen LogP contribution in [0.5, 0.6) is 5.75 Å². The van der Waals surface area contributed by atoms with Gasteiger partial charge in [0, 0.05) is 17.5 Å². The molecule has 1 aliphatic rings. The average molecular weight is 410 g/mol. The minimum Gasteiger partial charge on any atom is -0.497 e. The van der Waals surface area contributed by atoms with E-state index >= 15 is 0 Å². The molecule has 0 spiro atoms. The number of nitrogens with one attached hydrogen (secondary N) is 1. The lowest BCUT2D eigenvalue weighted by molar-refractivity contribution is -0.147. The second kappa shape index (κ2) is 9.21. The van der Waals surface area contributed by atoms with Crippen LogP contribution in [0.1, 0.15) is 32.7 Å². The van der Waals surface area contributed by atoms with Crippen molar-refractivity contribution >= 4 is 23.6 Å². The number of nitrogens with zero attached hydrogens (tertiary/aromatic N) is 1. The van der Waals surface area contributed by atoms with Crippen LogP contribution in [0.25, 0.3) is 0 Å². The van der Waals surface area contributed by atoms with Gasteiger partial charge in [0.1, 0.15) is 5.75 Å². The third-order valence-corrected chi connectivity index (χ3v) is 4.77. The van der Waals surface area contributed by atoms with Gasteiger partial charge in [-0.15, -0.1) is 0 Å². The van der Waals surface area contributed by atoms with Crippen molar-refractivity contribution < 1.29 is 28.7 Å². The predicted molar refractivity (Wildman–Crippen MR) is 107 cm³/mol. The lowest BCUT2D eigenvalue weighted by Crippen LogP contribution is -2.43. The Morgan fingerprint density at radius 2 is 1.67 bits per heavy atom. The third-order valence-electron chi connectivity index (χ3n) is 4.77. The minimum atomic E-state index is -0.750. The fourth-order valence-corrected chi connectivity index (χ4v) is 2.98. The molecule has 8 heteroatoms. The van der Waals surface area contributed by atoms with Gasteiger partial charge in [-0.2, -0.15) is 0 Å². The number of methoxy groups -OCH3 is 1. The van der Waals surface area contributed by atoms with E-state index in [2.05, 4.69) is 5.43 Å². The summed E-state index contributed by atoms with van der Waals surface area (Å²) in [6.45, 7) is 1.47. The number of esters is 1. The van der Waals surface area contributed by atoms with Gasteiger partial charge >= 0.3 is 5.97 Å². The Morgan fingerprint density at radius 1 is 1.03 bits per heavy atom. The van der Waals surface area contributed by atoms with Gasteiger partial charge in [0.25, 0.3) is 5.91 Å². The van der Waals surface area contributed by atoms with Gasteiger partial charge < -0.3 is 9.47 Å². The summed E-state index contributed by atoms with van der Waals surface area (Å²) in [6, 6.07) is 13.3. The molecule has 156 valence electrons. The van der Waals surface area contributed by atoms with Crippen molar-refractivity contribution in [2.45, 2.75) is 13.3 Å². The van der Waals surface area contributed by atoms with Crippen molar-refractivity contribution in [3.05, 3.63) is 65.2 Å². The number of hydrogen-bond acceptors (Lipinski definition) is 6. The molecule has 30 heavy (non-hydrogen) atoms. The highest BCUT2D eigenvalue weighted by atomic mass is 16.5. The highest BCUT2D eigenvalue weighted by molar-refractivity contribution is 5.99. The van der Waals surface area contributed by atoms with Crippen LogP contribution in [-0.2, 0) is 14.3 Å². The first-order valence-electron chi connectivity index (χ1n) is 9.39. The maximum Gasteiger partial charge on any atom is 0.311 e. The van der Waals surface area contributed by atoms with Crippen molar-refractivity contribution in [3.8, 4) is 5.75 Å². The zero-order chi connectivity index (χ0) is 21.7. The van der Waals surface area contributed by atoms with Crippen LogP contribution < -0.4 is 10.2 Å². The monoisotopic (exact) mass is 410 g/mol. The van der Waals surface area contributed by atoms with E-state index in [4.69, 9.17) is 9.47 Å². The number of benzene rings is 2. The number of Topliss-reactive ketones (excluding diaryl/α,β-unsaturated/α-hetero) is 1. The van der Waals surface area contributed by atoms with Crippen LogP contribution in [0.2, 0.25) is 0 Å². The SMILES string of the molecule is COc1ccc(C(=O)COC(=O)C2CC(=O)N(NC(=O)c3ccc(C)cc3)C2)cc1. The van der Waals surface area contributed by atoms with Gasteiger partial charge in [-0.25, -0.2) is 0 Å². The number of rotatable bonds is 7. The zero-order valence-corrected chi connectivity index (χ0v) is 16.7. The Bertz CT molecular complexity index is 953. The van der Waals surface area contributed by atoms with Gasteiger partial charge in [0.15, 0.2) is 12.4 Å². The Hall–Kier alpha value is -3.68. The van der Waals surface area contributed by atoms with Gasteiger partial charge in [-0.1, -0.05) is 17.7 Å². The highest BCUT2D eigenvalue weighted by Crippen LogP contribution is 2.18. The van der Waals surface area contributed by atoms with Crippen molar-refractivity contribution in [2.75, 3.05) is 20.3 Å². The third kappa shape index (κ3) is 5.02. The normalized spacial score (nSPS) is 15.6. The molecule has 0 saturated carbocycles. The summed E-state index contributed by atoms with van der Waals surface area (Å²) in [5, 5.41) is 1.11. The van der Waals surface area contributed by atoms with Crippen LogP contribution in [0.4, 0.5) is 0 Å². The number of ether oxygens (including phenoxy) is 2. The van der Waals surface area contributed by atoms with E-state index in [-0.39, 0.29) is 24.7 Å². The first-order chi connectivity index (χ1) is 14.4. The number of carbonyl (C=O) groups is 4. The second-order valence-electron chi connectivity index (χ2n) is 6.97. The molecule has 0 bridgehead atoms. The van der Waals surface area contributed by atoms with Crippen LogP contribution in [0.3, 0.4) is 0 Å². The molecule has 2 aromatic rings. The molecule has 0 aliphatic carbocycles. The van der Waals surface area contributed by atoms with Crippen LogP contribution in [0, 0.1) is 12.8 Å². The number of aryl methyl sites for hydroxylation is 1. The predicted octanol–water partition coefficient (Wildman–Crippen LogP) is 1.92. The van der Waals surface area contributed by atoms with E-state index in [1.165, 1.54) is 7.11 Å². The standard InChI is InChI=1S/C22H22N2O6/c1-14-3-5-16(6-4-14)21(27)23-24-12-17(11-20(24)26)22(28)30-13-19(25)15-7-9-18(29-2)10-8-15/h3-10,17H,11-13H2,1-2H3,(H,23,27). The number of ketones is 1. The Morgan fingerprint density at radius 3 is 2.30 bits per heavy atom. The van der Waals surface area contributed by atoms with Crippen LogP contribution >= 0.6 is 0 Å². The Labute approximate surface area is 173 Å². The van der Waals surface area contributed by atoms with E-state index in [0.717, 1.165) is 10.6 Å². The fourth-order valence-electron chi connectivity index (χ4n) is 2.98. The number of hydrazine groups is 1. The molecule has 1 unspecified atom stereocenters. The van der Waals surface area contributed by atoms with Gasteiger partial charge in [0.05, 0.1) is 19.6 Å². The highest BCUT2D eigenvalue weighted by Gasteiger charge is 2.36. The summed E-state index contributed by atoms with van der Waals surface area (Å²) in [6.07, 6.45) is -0.0935. The Balaban J connectivity index is 1.51. The molecule has 0 aromatic heterocycles. The number of amides is 2. The lowest BCUT2D eigenvalue weighted by Gasteiger charge is -2.17. The Kier molecular flexibility index (Phi) is 6.46. The first-order valence-corrected chi connectivity index (χ1v) is 9.39. The smallest absolute Gasteiger partial charge is 0.311 e. The summed E-state index contributed by atoms with van der Waals surface area (Å²) in [7, 11) is 1.52. The lowest BCUT2D eigenvalue weighted by atomic mass is 10.1. The summed E-state index contributed by atoms with van der Waals surface area (Å²) in [5.41, 5.74) is 4.31. The largest absolute Gasteiger partial charge is 0.497 e. The maximum atomic E-state index is 12.3. The van der Waals surface area contributed by atoms with Crippen molar-refractivity contribution in [3.63, 3.8) is 0 Å². The zero-order valence-electron chi connectivity index (χ0n) is 16.7. The van der Waals surface area contributed by atoms with Crippen LogP contribution in [0.15, 0.2) is 48.5 Å². The first kappa shape index (κ1) is 21.0. The minimum absolute atomic E-state index is 0.00794. The number of hydrogen-bond donors (Lipinski definition) is 1. The quantitative estimate of drug-likeness (QED) is 0.553. The molecule has 1 heterocycles. The topological polar surface area (TPSA) is 102 Å². The van der Waals surface area contributed by atoms with E-state index < -0.39 is 24.4 Å². The van der Waals surface area contributed by atoms with Crippen molar-refractivity contribution in [2.24, 2.45) is 5.92 Å². The fraction of sp³-hybridized carbons (Fsp3) is 0.273. The van der Waals surface area contributed by atoms with Crippen molar-refractivity contribution in [1.29, 1.82) is 0 Å². The summed E-state index contributed by atoms with van der Waals surface area (Å²) >= 11 is 0. The molecule has 1 N–H and O–H groups in total. The summed E-state index contributed by atoms with van der Waals surface area (Å²) in [4.78, 5) is 48.9. The molecule has 2 amide bonds.